The molecule has 2 aliphatic rings. The number of piperidine rings is 1. The number of hydrogen-bond acceptors (Lipinski definition) is 6. The number of rotatable bonds is 6. The van der Waals surface area contributed by atoms with E-state index in [2.05, 4.69) is 5.32 Å². The number of sulfonamides is 1. The number of carbonyl (C=O) groups is 1. The van der Waals surface area contributed by atoms with Crippen LogP contribution in [-0.2, 0) is 14.8 Å². The molecule has 9 heteroatoms. The van der Waals surface area contributed by atoms with Crippen LogP contribution in [0.15, 0.2) is 77.7 Å². The molecule has 3 aromatic carbocycles. The van der Waals surface area contributed by atoms with Crippen LogP contribution in [0.3, 0.4) is 0 Å². The third-order valence-corrected chi connectivity index (χ3v) is 7.83. The lowest BCUT2D eigenvalue weighted by atomic mass is 10.2. The maximum Gasteiger partial charge on any atom is 0.269 e. The van der Waals surface area contributed by atoms with E-state index in [0.29, 0.717) is 36.1 Å². The van der Waals surface area contributed by atoms with Gasteiger partial charge >= 0.3 is 0 Å². The van der Waals surface area contributed by atoms with Gasteiger partial charge in [-0.15, -0.1) is 0 Å². The third kappa shape index (κ3) is 5.11. The Morgan fingerprint density at radius 1 is 0.914 bits per heavy atom. The van der Waals surface area contributed by atoms with E-state index in [0.717, 1.165) is 19.3 Å². The smallest absolute Gasteiger partial charge is 0.269 e. The van der Waals surface area contributed by atoms with Gasteiger partial charge in [-0.3, -0.25) is 4.79 Å². The van der Waals surface area contributed by atoms with Crippen LogP contribution in [0.25, 0.3) is 0 Å². The molecule has 0 aromatic heterocycles. The highest BCUT2D eigenvalue weighted by molar-refractivity contribution is 7.89. The fraction of sp³-hybridized carbons (Fsp3) is 0.269. The van der Waals surface area contributed by atoms with Gasteiger partial charge in [-0.25, -0.2) is 8.42 Å². The van der Waals surface area contributed by atoms with Gasteiger partial charge in [0.25, 0.3) is 5.91 Å². The minimum Gasteiger partial charge on any atom is -0.485 e. The van der Waals surface area contributed by atoms with E-state index in [9.17, 15) is 13.2 Å². The summed E-state index contributed by atoms with van der Waals surface area (Å²) in [7, 11) is -3.70. The highest BCUT2D eigenvalue weighted by Gasteiger charge is 2.30. The van der Waals surface area contributed by atoms with Crippen LogP contribution in [0, 0.1) is 0 Å². The Morgan fingerprint density at radius 2 is 1.63 bits per heavy atom. The maximum atomic E-state index is 13.3. The molecule has 182 valence electrons. The van der Waals surface area contributed by atoms with Crippen molar-refractivity contribution >= 4 is 21.6 Å². The van der Waals surface area contributed by atoms with Gasteiger partial charge in [0.2, 0.25) is 16.1 Å². The van der Waals surface area contributed by atoms with Gasteiger partial charge in [-0.05, 0) is 55.3 Å². The van der Waals surface area contributed by atoms with Crippen molar-refractivity contribution in [2.75, 3.05) is 25.0 Å². The average molecular weight is 495 g/mol. The summed E-state index contributed by atoms with van der Waals surface area (Å²) in [5, 5.41) is 2.79. The summed E-state index contributed by atoms with van der Waals surface area (Å²) in [6, 6.07) is 20.7. The van der Waals surface area contributed by atoms with Gasteiger partial charge in [0.1, 0.15) is 12.4 Å². The molecule has 0 radical (unpaired) electrons. The van der Waals surface area contributed by atoms with E-state index in [4.69, 9.17) is 14.2 Å². The number of fused-ring (bicyclic) bond motifs is 1. The predicted octanol–water partition coefficient (Wildman–Crippen LogP) is 4.43. The zero-order valence-corrected chi connectivity index (χ0v) is 19.9. The largest absolute Gasteiger partial charge is 0.485 e. The molecule has 35 heavy (non-hydrogen) atoms. The van der Waals surface area contributed by atoms with Crippen LogP contribution >= 0.6 is 0 Å². The lowest BCUT2D eigenvalue weighted by molar-refractivity contribution is -0.125. The van der Waals surface area contributed by atoms with Crippen molar-refractivity contribution in [1.82, 2.24) is 4.31 Å². The molecule has 0 spiro atoms. The normalized spacial score (nSPS) is 18.0. The van der Waals surface area contributed by atoms with Crippen molar-refractivity contribution in [2.45, 2.75) is 30.3 Å². The number of carbonyl (C=O) groups excluding carboxylic acids is 1. The van der Waals surface area contributed by atoms with Gasteiger partial charge in [-0.2, -0.15) is 4.31 Å². The zero-order chi connectivity index (χ0) is 24.3. The van der Waals surface area contributed by atoms with Crippen molar-refractivity contribution in [3.63, 3.8) is 0 Å². The first kappa shape index (κ1) is 23.2. The predicted molar refractivity (Wildman–Crippen MR) is 131 cm³/mol. The lowest BCUT2D eigenvalue weighted by Crippen LogP contribution is -2.40. The summed E-state index contributed by atoms with van der Waals surface area (Å²) >= 11 is 0. The van der Waals surface area contributed by atoms with Crippen molar-refractivity contribution < 1.29 is 27.4 Å². The molecule has 1 N–H and O–H groups in total. The first-order chi connectivity index (χ1) is 17.0. The number of para-hydroxylation sites is 3. The summed E-state index contributed by atoms with van der Waals surface area (Å²) < 4.78 is 45.5. The molecule has 0 unspecified atom stereocenters. The molecular formula is C26H26N2O6S. The molecular weight excluding hydrogens is 468 g/mol. The summed E-state index contributed by atoms with van der Waals surface area (Å²) in [6.45, 7) is 1.00. The molecule has 1 atom stereocenters. The molecule has 0 aliphatic carbocycles. The highest BCUT2D eigenvalue weighted by atomic mass is 32.2. The van der Waals surface area contributed by atoms with E-state index in [1.54, 1.807) is 36.4 Å². The van der Waals surface area contributed by atoms with Crippen LogP contribution in [0.1, 0.15) is 19.3 Å². The zero-order valence-electron chi connectivity index (χ0n) is 19.1. The Morgan fingerprint density at radius 3 is 2.40 bits per heavy atom. The van der Waals surface area contributed by atoms with Gasteiger partial charge in [0.15, 0.2) is 17.2 Å². The van der Waals surface area contributed by atoms with Crippen molar-refractivity contribution in [2.24, 2.45) is 0 Å². The Labute approximate surface area is 204 Å². The van der Waals surface area contributed by atoms with Crippen LogP contribution in [0.2, 0.25) is 0 Å². The maximum absolute atomic E-state index is 13.3. The second-order valence-corrected chi connectivity index (χ2v) is 10.3. The molecule has 5 rings (SSSR count). The van der Waals surface area contributed by atoms with Gasteiger partial charge in [0.05, 0.1) is 10.6 Å². The van der Waals surface area contributed by atoms with Crippen molar-refractivity contribution in [3.05, 3.63) is 72.8 Å². The van der Waals surface area contributed by atoms with E-state index < -0.39 is 22.0 Å². The van der Waals surface area contributed by atoms with Crippen LogP contribution < -0.4 is 19.5 Å². The van der Waals surface area contributed by atoms with Gasteiger partial charge in [-0.1, -0.05) is 36.8 Å². The summed E-state index contributed by atoms with van der Waals surface area (Å²) in [6.07, 6.45) is 1.78. The molecule has 0 bridgehead atoms. The molecule has 2 aliphatic heterocycles. The van der Waals surface area contributed by atoms with Crippen LogP contribution in [0.4, 0.5) is 5.69 Å². The number of anilines is 1. The fourth-order valence-corrected chi connectivity index (χ4v) is 5.63. The highest BCUT2D eigenvalue weighted by Crippen LogP contribution is 2.35. The summed E-state index contributed by atoms with van der Waals surface area (Å²) in [4.78, 5) is 13.2. The second kappa shape index (κ2) is 9.97. The van der Waals surface area contributed by atoms with Gasteiger partial charge in [0, 0.05) is 13.1 Å². The second-order valence-electron chi connectivity index (χ2n) is 8.39. The number of nitrogens with zero attached hydrogens (tertiary/aromatic N) is 1. The minimum absolute atomic E-state index is 0.0312. The summed E-state index contributed by atoms with van der Waals surface area (Å²) in [5.74, 6) is 1.45. The Balaban J connectivity index is 1.43. The molecule has 0 saturated carbocycles. The van der Waals surface area contributed by atoms with E-state index in [1.165, 1.54) is 16.4 Å². The minimum atomic E-state index is -3.70. The lowest BCUT2D eigenvalue weighted by Gasteiger charge is -2.27. The number of benzene rings is 3. The molecule has 1 fully saturated rings. The SMILES string of the molecule is O=C(Nc1cc(S(=O)(=O)N2CCCCC2)ccc1Oc1ccccc1)[C@H]1COc2ccccc2O1. The standard InChI is InChI=1S/C26H26N2O6S/c29-26(25-18-32-23-11-5-6-12-24(23)34-25)27-21-17-20(35(30,31)28-15-7-2-8-16-28)13-14-22(21)33-19-9-3-1-4-10-19/h1,3-6,9-14,17,25H,2,7-8,15-16,18H2,(H,27,29)/t25-/m1/s1. The molecule has 1 amide bonds. The number of hydrogen-bond donors (Lipinski definition) is 1. The number of amides is 1. The Bertz CT molecular complexity index is 1310. The number of ether oxygens (including phenoxy) is 3. The van der Waals surface area contributed by atoms with Crippen molar-refractivity contribution in [3.8, 4) is 23.0 Å². The Kier molecular flexibility index (Phi) is 6.61. The molecule has 8 nitrogen and oxygen atoms in total. The van der Waals surface area contributed by atoms with Gasteiger partial charge < -0.3 is 19.5 Å². The first-order valence-electron chi connectivity index (χ1n) is 11.6. The monoisotopic (exact) mass is 494 g/mol. The number of nitrogens with one attached hydrogen (secondary N) is 1. The molecule has 2 heterocycles. The first-order valence-corrected chi connectivity index (χ1v) is 13.0. The van der Waals surface area contributed by atoms with Crippen molar-refractivity contribution in [1.29, 1.82) is 0 Å². The van der Waals surface area contributed by atoms with E-state index in [1.807, 2.05) is 24.3 Å². The third-order valence-electron chi connectivity index (χ3n) is 5.93. The molecule has 3 aromatic rings. The average Bonchev–Trinajstić information content (AvgIpc) is 2.90. The summed E-state index contributed by atoms with van der Waals surface area (Å²) in [5.41, 5.74) is 0.236. The van der Waals surface area contributed by atoms with E-state index >= 15 is 0 Å². The molecule has 1 saturated heterocycles. The fourth-order valence-electron chi connectivity index (χ4n) is 4.09. The Hall–Kier alpha value is -3.56. The van der Waals surface area contributed by atoms with Crippen LogP contribution in [-0.4, -0.2) is 44.4 Å². The van der Waals surface area contributed by atoms with Crippen LogP contribution in [0.5, 0.6) is 23.0 Å². The van der Waals surface area contributed by atoms with E-state index in [-0.39, 0.29) is 17.2 Å². The topological polar surface area (TPSA) is 94.2 Å². The quantitative estimate of drug-likeness (QED) is 0.545.